The number of aromatic nitrogens is 2. The second-order valence-electron chi connectivity index (χ2n) is 8.03. The molecule has 1 N–H and O–H groups in total. The number of carbonyl (C=O) groups is 1. The average Bonchev–Trinajstić information content (AvgIpc) is 3.33. The second kappa shape index (κ2) is 10.3. The van der Waals surface area contributed by atoms with Gasteiger partial charge in [-0.25, -0.2) is 9.97 Å². The van der Waals surface area contributed by atoms with E-state index in [-0.39, 0.29) is 11.9 Å². The van der Waals surface area contributed by atoms with Gasteiger partial charge in [-0.15, -0.1) is 11.3 Å². The van der Waals surface area contributed by atoms with Crippen LogP contribution in [-0.2, 0) is 16.1 Å². The van der Waals surface area contributed by atoms with Crippen LogP contribution in [0.4, 0.5) is 5.82 Å². The van der Waals surface area contributed by atoms with E-state index in [0.717, 1.165) is 69.6 Å². The van der Waals surface area contributed by atoms with E-state index >= 15 is 0 Å². The Bertz CT molecular complexity index is 792. The smallest absolute Gasteiger partial charge is 0.220 e. The Morgan fingerprint density at radius 1 is 1.30 bits per heavy atom. The van der Waals surface area contributed by atoms with Gasteiger partial charge in [0.2, 0.25) is 5.91 Å². The summed E-state index contributed by atoms with van der Waals surface area (Å²) >= 11 is 1.63. The monoisotopic (exact) mass is 429 g/mol. The molecule has 1 amide bonds. The summed E-state index contributed by atoms with van der Waals surface area (Å²) in [6, 6.07) is 4.32. The largest absolute Gasteiger partial charge is 0.378 e. The summed E-state index contributed by atoms with van der Waals surface area (Å²) in [7, 11) is 0. The van der Waals surface area contributed by atoms with Crippen LogP contribution in [0.25, 0.3) is 0 Å². The van der Waals surface area contributed by atoms with E-state index in [4.69, 9.17) is 9.72 Å². The van der Waals surface area contributed by atoms with E-state index in [9.17, 15) is 4.79 Å². The summed E-state index contributed by atoms with van der Waals surface area (Å²) in [6.45, 7) is 8.17. The minimum atomic E-state index is 0.00192. The summed E-state index contributed by atoms with van der Waals surface area (Å²) < 4.78 is 5.43. The molecule has 2 atom stereocenters. The summed E-state index contributed by atoms with van der Waals surface area (Å²) in [5.74, 6) is 1.50. The Balaban J connectivity index is 1.38. The predicted molar refractivity (Wildman–Crippen MR) is 119 cm³/mol. The first-order chi connectivity index (χ1) is 14.7. The van der Waals surface area contributed by atoms with Crippen LogP contribution in [0.5, 0.6) is 0 Å². The summed E-state index contributed by atoms with van der Waals surface area (Å²) in [4.78, 5) is 26.1. The first-order valence-corrected chi connectivity index (χ1v) is 11.8. The van der Waals surface area contributed by atoms with Crippen molar-refractivity contribution >= 4 is 23.1 Å². The third-order valence-electron chi connectivity index (χ3n) is 5.92. The van der Waals surface area contributed by atoms with Crippen LogP contribution in [0.1, 0.15) is 42.8 Å². The highest BCUT2D eigenvalue weighted by molar-refractivity contribution is 7.09. The molecule has 4 heterocycles. The number of anilines is 1. The molecule has 0 bridgehead atoms. The Morgan fingerprint density at radius 2 is 2.17 bits per heavy atom. The van der Waals surface area contributed by atoms with Crippen molar-refractivity contribution < 1.29 is 9.53 Å². The molecule has 2 aliphatic rings. The third-order valence-corrected chi connectivity index (χ3v) is 6.78. The van der Waals surface area contributed by atoms with Gasteiger partial charge in [-0.3, -0.25) is 9.69 Å². The highest BCUT2D eigenvalue weighted by atomic mass is 32.1. The van der Waals surface area contributed by atoms with Crippen LogP contribution >= 0.6 is 11.3 Å². The van der Waals surface area contributed by atoms with Crippen LogP contribution in [0.3, 0.4) is 0 Å². The fraction of sp³-hybridized carbons (Fsp3) is 0.591. The SMILES string of the molecule is CCC(=O)N[C@H](c1nccs1)[C@H]1CCCN(Cc2ccc(N3CCOCC3)nc2)C1. The molecular weight excluding hydrogens is 398 g/mol. The lowest BCUT2D eigenvalue weighted by Gasteiger charge is -2.36. The number of hydrogen-bond donors (Lipinski definition) is 1. The minimum absolute atomic E-state index is 0.00192. The number of amides is 1. The molecule has 0 aliphatic carbocycles. The fourth-order valence-electron chi connectivity index (χ4n) is 4.30. The predicted octanol–water partition coefficient (Wildman–Crippen LogP) is 2.85. The molecule has 2 saturated heterocycles. The van der Waals surface area contributed by atoms with Crippen molar-refractivity contribution in [3.63, 3.8) is 0 Å². The van der Waals surface area contributed by atoms with Crippen LogP contribution in [0, 0.1) is 5.92 Å². The molecule has 8 heteroatoms. The molecule has 0 unspecified atom stereocenters. The summed E-state index contributed by atoms with van der Waals surface area (Å²) in [5.41, 5.74) is 1.23. The number of nitrogens with one attached hydrogen (secondary N) is 1. The van der Waals surface area contributed by atoms with E-state index in [1.54, 1.807) is 11.3 Å². The molecule has 162 valence electrons. The van der Waals surface area contributed by atoms with Crippen molar-refractivity contribution in [2.75, 3.05) is 44.3 Å². The van der Waals surface area contributed by atoms with Crippen molar-refractivity contribution in [1.29, 1.82) is 0 Å². The Hall–Kier alpha value is -2.03. The van der Waals surface area contributed by atoms with Gasteiger partial charge >= 0.3 is 0 Å². The zero-order chi connectivity index (χ0) is 20.8. The third kappa shape index (κ3) is 5.36. The maximum absolute atomic E-state index is 12.1. The zero-order valence-corrected chi connectivity index (χ0v) is 18.4. The summed E-state index contributed by atoms with van der Waals surface area (Å²) in [6.07, 6.45) is 6.57. The molecule has 0 radical (unpaired) electrons. The number of rotatable bonds is 7. The van der Waals surface area contributed by atoms with Crippen molar-refractivity contribution in [2.24, 2.45) is 5.92 Å². The van der Waals surface area contributed by atoms with Gasteiger partial charge in [0.25, 0.3) is 0 Å². The fourth-order valence-corrected chi connectivity index (χ4v) is 5.08. The van der Waals surface area contributed by atoms with Gasteiger partial charge in [-0.2, -0.15) is 0 Å². The number of pyridine rings is 1. The van der Waals surface area contributed by atoms with Crippen molar-refractivity contribution in [3.05, 3.63) is 40.5 Å². The number of morpholine rings is 1. The van der Waals surface area contributed by atoms with E-state index < -0.39 is 0 Å². The number of hydrogen-bond acceptors (Lipinski definition) is 7. The lowest BCUT2D eigenvalue weighted by atomic mass is 9.90. The van der Waals surface area contributed by atoms with Crippen molar-refractivity contribution in [3.8, 4) is 0 Å². The maximum atomic E-state index is 12.1. The van der Waals surface area contributed by atoms with Gasteiger partial charge in [0.1, 0.15) is 10.8 Å². The van der Waals surface area contributed by atoms with Gasteiger partial charge in [-0.05, 0) is 36.9 Å². The molecule has 2 fully saturated rings. The van der Waals surface area contributed by atoms with Gasteiger partial charge in [0.05, 0.1) is 19.3 Å². The van der Waals surface area contributed by atoms with Crippen molar-refractivity contribution in [2.45, 2.75) is 38.8 Å². The van der Waals surface area contributed by atoms with Gasteiger partial charge in [0.15, 0.2) is 0 Å². The topological polar surface area (TPSA) is 70.6 Å². The van der Waals surface area contributed by atoms with Gasteiger partial charge in [0, 0.05) is 50.4 Å². The van der Waals surface area contributed by atoms with E-state index in [1.165, 1.54) is 5.56 Å². The minimum Gasteiger partial charge on any atom is -0.378 e. The lowest BCUT2D eigenvalue weighted by molar-refractivity contribution is -0.122. The number of piperidine rings is 1. The van der Waals surface area contributed by atoms with Crippen molar-refractivity contribution in [1.82, 2.24) is 20.2 Å². The lowest BCUT2D eigenvalue weighted by Crippen LogP contribution is -2.42. The number of ether oxygens (including phenoxy) is 1. The number of carbonyl (C=O) groups excluding carboxylic acids is 1. The molecule has 0 aromatic carbocycles. The normalized spacial score (nSPS) is 21.4. The Labute approximate surface area is 182 Å². The van der Waals surface area contributed by atoms with Crippen LogP contribution in [-0.4, -0.2) is 60.2 Å². The van der Waals surface area contributed by atoms with Crippen LogP contribution in [0.2, 0.25) is 0 Å². The number of thiazole rings is 1. The molecule has 2 aliphatic heterocycles. The molecule has 4 rings (SSSR count). The van der Waals surface area contributed by atoms with Gasteiger partial charge < -0.3 is 15.0 Å². The zero-order valence-electron chi connectivity index (χ0n) is 17.6. The van der Waals surface area contributed by atoms with E-state index in [1.807, 2.05) is 24.7 Å². The molecule has 2 aromatic rings. The van der Waals surface area contributed by atoms with E-state index in [2.05, 4.69) is 32.2 Å². The quantitative estimate of drug-likeness (QED) is 0.730. The second-order valence-corrected chi connectivity index (χ2v) is 8.96. The highest BCUT2D eigenvalue weighted by Gasteiger charge is 2.31. The highest BCUT2D eigenvalue weighted by Crippen LogP contribution is 2.31. The van der Waals surface area contributed by atoms with Crippen LogP contribution < -0.4 is 10.2 Å². The first-order valence-electron chi connectivity index (χ1n) is 10.9. The molecule has 2 aromatic heterocycles. The maximum Gasteiger partial charge on any atom is 0.220 e. The molecule has 0 saturated carbocycles. The molecule has 30 heavy (non-hydrogen) atoms. The average molecular weight is 430 g/mol. The number of likely N-dealkylation sites (tertiary alicyclic amines) is 1. The Morgan fingerprint density at radius 3 is 2.87 bits per heavy atom. The van der Waals surface area contributed by atoms with Crippen LogP contribution in [0.15, 0.2) is 29.9 Å². The van der Waals surface area contributed by atoms with E-state index in [0.29, 0.717) is 12.3 Å². The van der Waals surface area contributed by atoms with Gasteiger partial charge in [-0.1, -0.05) is 13.0 Å². The molecular formula is C22H31N5O2S. The summed E-state index contributed by atoms with van der Waals surface area (Å²) in [5, 5.41) is 6.22. The number of nitrogens with zero attached hydrogens (tertiary/aromatic N) is 4. The standard InChI is InChI=1S/C22H31N5O2S/c1-2-20(28)25-21(22-23-7-13-30-22)18-4-3-8-26(16-18)15-17-5-6-19(24-14-17)27-9-11-29-12-10-27/h5-7,13-14,18,21H,2-4,8-12,15-16H2,1H3,(H,25,28)/t18-,21-/m0/s1. The molecule has 7 nitrogen and oxygen atoms in total. The Kier molecular flexibility index (Phi) is 7.30. The first kappa shape index (κ1) is 21.2. The molecule has 0 spiro atoms.